The maximum atomic E-state index is 11.7. The second kappa shape index (κ2) is 6.99. The van der Waals surface area contributed by atoms with Crippen LogP contribution in [0, 0.1) is 5.92 Å². The van der Waals surface area contributed by atoms with Gasteiger partial charge in [0.15, 0.2) is 6.61 Å². The molecule has 0 radical (unpaired) electrons. The number of halogens is 1. The van der Waals surface area contributed by atoms with Gasteiger partial charge in [0.1, 0.15) is 0 Å². The first-order valence-corrected chi connectivity index (χ1v) is 6.27. The molecule has 1 rings (SSSR count). The number of amides is 1. The molecule has 0 atom stereocenters. The van der Waals surface area contributed by atoms with E-state index in [9.17, 15) is 9.59 Å². The monoisotopic (exact) mass is 284 g/mol. The molecule has 0 aliphatic carbocycles. The highest BCUT2D eigenvalue weighted by Gasteiger charge is 2.14. The van der Waals surface area contributed by atoms with Crippen molar-refractivity contribution in [1.29, 1.82) is 0 Å². The van der Waals surface area contributed by atoms with Crippen LogP contribution in [0.2, 0.25) is 5.02 Å². The molecule has 0 aliphatic rings. The SMILES string of the molecule is CC(C)CNC(=O)COC(=O)c1cccc(Cl)c1N. The number of carbonyl (C=O) groups excluding carboxylic acids is 2. The first kappa shape index (κ1) is 15.3. The van der Waals surface area contributed by atoms with Crippen LogP contribution in [0.25, 0.3) is 0 Å². The van der Waals surface area contributed by atoms with Crippen molar-refractivity contribution < 1.29 is 14.3 Å². The van der Waals surface area contributed by atoms with Crippen LogP contribution in [-0.4, -0.2) is 25.0 Å². The van der Waals surface area contributed by atoms with E-state index >= 15 is 0 Å². The molecule has 6 heteroatoms. The highest BCUT2D eigenvalue weighted by Crippen LogP contribution is 2.22. The number of para-hydroxylation sites is 1. The van der Waals surface area contributed by atoms with E-state index in [1.807, 2.05) is 13.8 Å². The van der Waals surface area contributed by atoms with Crippen LogP contribution >= 0.6 is 11.6 Å². The van der Waals surface area contributed by atoms with Crippen molar-refractivity contribution in [3.63, 3.8) is 0 Å². The van der Waals surface area contributed by atoms with Gasteiger partial charge < -0.3 is 15.8 Å². The van der Waals surface area contributed by atoms with E-state index in [-0.39, 0.29) is 28.8 Å². The Morgan fingerprint density at radius 3 is 2.74 bits per heavy atom. The molecule has 0 unspecified atom stereocenters. The van der Waals surface area contributed by atoms with Gasteiger partial charge in [-0.3, -0.25) is 4.79 Å². The zero-order chi connectivity index (χ0) is 14.4. The second-order valence-corrected chi connectivity index (χ2v) is 4.88. The Morgan fingerprint density at radius 1 is 1.42 bits per heavy atom. The van der Waals surface area contributed by atoms with Gasteiger partial charge in [-0.05, 0) is 18.1 Å². The normalized spacial score (nSPS) is 10.3. The lowest BCUT2D eigenvalue weighted by Crippen LogP contribution is -2.31. The number of ether oxygens (including phenoxy) is 1. The summed E-state index contributed by atoms with van der Waals surface area (Å²) >= 11 is 5.79. The number of esters is 1. The van der Waals surface area contributed by atoms with Gasteiger partial charge in [0, 0.05) is 6.54 Å². The standard InChI is InChI=1S/C13H17ClN2O3/c1-8(2)6-16-11(17)7-19-13(18)9-4-3-5-10(14)12(9)15/h3-5,8H,6-7,15H2,1-2H3,(H,16,17). The minimum Gasteiger partial charge on any atom is -0.452 e. The van der Waals surface area contributed by atoms with Crippen LogP contribution in [0.15, 0.2) is 18.2 Å². The fraction of sp³-hybridized carbons (Fsp3) is 0.385. The van der Waals surface area contributed by atoms with Crippen LogP contribution in [0.4, 0.5) is 5.69 Å². The van der Waals surface area contributed by atoms with Crippen LogP contribution in [-0.2, 0) is 9.53 Å². The van der Waals surface area contributed by atoms with Crippen molar-refractivity contribution in [2.75, 3.05) is 18.9 Å². The van der Waals surface area contributed by atoms with E-state index in [4.69, 9.17) is 22.1 Å². The number of hydrogen-bond acceptors (Lipinski definition) is 4. The molecule has 1 aromatic rings. The molecule has 3 N–H and O–H groups in total. The number of nitrogens with one attached hydrogen (secondary N) is 1. The molecule has 0 aliphatic heterocycles. The Kier molecular flexibility index (Phi) is 5.63. The first-order chi connectivity index (χ1) is 8.91. The molecule has 0 bridgehead atoms. The van der Waals surface area contributed by atoms with Gasteiger partial charge in [0.05, 0.1) is 16.3 Å². The molecule has 1 aromatic carbocycles. The third kappa shape index (κ3) is 4.79. The summed E-state index contributed by atoms with van der Waals surface area (Å²) in [6.07, 6.45) is 0. The third-order valence-corrected chi connectivity index (χ3v) is 2.64. The minimum atomic E-state index is -0.667. The fourth-order valence-corrected chi connectivity index (χ4v) is 1.47. The van der Waals surface area contributed by atoms with Gasteiger partial charge in [-0.15, -0.1) is 0 Å². The van der Waals surface area contributed by atoms with Crippen molar-refractivity contribution in [3.05, 3.63) is 28.8 Å². The number of nitrogens with two attached hydrogens (primary N) is 1. The molecule has 19 heavy (non-hydrogen) atoms. The molecule has 5 nitrogen and oxygen atoms in total. The average molecular weight is 285 g/mol. The number of benzene rings is 1. The lowest BCUT2D eigenvalue weighted by atomic mass is 10.2. The second-order valence-electron chi connectivity index (χ2n) is 4.48. The maximum absolute atomic E-state index is 11.7. The number of carbonyl (C=O) groups is 2. The molecule has 0 heterocycles. The van der Waals surface area contributed by atoms with E-state index in [0.29, 0.717) is 12.5 Å². The Bertz CT molecular complexity index is 475. The zero-order valence-electron chi connectivity index (χ0n) is 10.9. The lowest BCUT2D eigenvalue weighted by molar-refractivity contribution is -0.124. The predicted molar refractivity (Wildman–Crippen MR) is 74.0 cm³/mol. The number of hydrogen-bond donors (Lipinski definition) is 2. The van der Waals surface area contributed by atoms with Crippen molar-refractivity contribution in [2.24, 2.45) is 5.92 Å². The van der Waals surface area contributed by atoms with E-state index in [0.717, 1.165) is 0 Å². The predicted octanol–water partition coefficient (Wildman–Crippen LogP) is 1.85. The summed E-state index contributed by atoms with van der Waals surface area (Å²) in [5, 5.41) is 2.92. The Morgan fingerprint density at radius 2 is 2.11 bits per heavy atom. The summed E-state index contributed by atoms with van der Waals surface area (Å²) in [6, 6.07) is 4.66. The fourth-order valence-electron chi connectivity index (χ4n) is 1.29. The molecular formula is C13H17ClN2O3. The highest BCUT2D eigenvalue weighted by molar-refractivity contribution is 6.33. The molecule has 0 spiro atoms. The van der Waals surface area contributed by atoms with Crippen molar-refractivity contribution in [3.8, 4) is 0 Å². The van der Waals surface area contributed by atoms with Gasteiger partial charge in [-0.25, -0.2) is 4.79 Å². The topological polar surface area (TPSA) is 81.4 Å². The maximum Gasteiger partial charge on any atom is 0.340 e. The number of rotatable bonds is 5. The van der Waals surface area contributed by atoms with E-state index in [1.165, 1.54) is 6.07 Å². The van der Waals surface area contributed by atoms with Crippen molar-refractivity contribution in [2.45, 2.75) is 13.8 Å². The molecule has 0 saturated heterocycles. The van der Waals surface area contributed by atoms with Gasteiger partial charge in [0.2, 0.25) is 0 Å². The van der Waals surface area contributed by atoms with Crippen LogP contribution in [0.5, 0.6) is 0 Å². The molecule has 0 aromatic heterocycles. The average Bonchev–Trinajstić information content (AvgIpc) is 2.36. The zero-order valence-corrected chi connectivity index (χ0v) is 11.7. The van der Waals surface area contributed by atoms with Crippen LogP contribution in [0.1, 0.15) is 24.2 Å². The molecule has 104 valence electrons. The van der Waals surface area contributed by atoms with E-state index in [1.54, 1.807) is 12.1 Å². The highest BCUT2D eigenvalue weighted by atomic mass is 35.5. The van der Waals surface area contributed by atoms with Gasteiger partial charge >= 0.3 is 5.97 Å². The minimum absolute atomic E-state index is 0.150. The number of anilines is 1. The summed E-state index contributed by atoms with van der Waals surface area (Å²) in [7, 11) is 0. The quantitative estimate of drug-likeness (QED) is 0.639. The summed E-state index contributed by atoms with van der Waals surface area (Å²) in [5.74, 6) is -0.675. The van der Waals surface area contributed by atoms with Gasteiger partial charge in [-0.1, -0.05) is 31.5 Å². The molecule has 0 saturated carbocycles. The van der Waals surface area contributed by atoms with Gasteiger partial charge in [0.25, 0.3) is 5.91 Å². The van der Waals surface area contributed by atoms with Crippen molar-refractivity contribution in [1.82, 2.24) is 5.32 Å². The molecule has 0 fully saturated rings. The summed E-state index contributed by atoms with van der Waals surface area (Å²) in [5.41, 5.74) is 5.96. The Hall–Kier alpha value is -1.75. The lowest BCUT2D eigenvalue weighted by Gasteiger charge is -2.09. The third-order valence-electron chi connectivity index (χ3n) is 2.31. The molecule has 1 amide bonds. The van der Waals surface area contributed by atoms with E-state index < -0.39 is 5.97 Å². The van der Waals surface area contributed by atoms with Crippen LogP contribution < -0.4 is 11.1 Å². The van der Waals surface area contributed by atoms with Crippen molar-refractivity contribution >= 4 is 29.2 Å². The summed E-state index contributed by atoms with van der Waals surface area (Å²) in [4.78, 5) is 23.1. The smallest absolute Gasteiger partial charge is 0.340 e. The summed E-state index contributed by atoms with van der Waals surface area (Å²) in [6.45, 7) is 4.14. The van der Waals surface area contributed by atoms with E-state index in [2.05, 4.69) is 5.32 Å². The number of nitrogen functional groups attached to an aromatic ring is 1. The Balaban J connectivity index is 2.52. The molecular weight excluding hydrogens is 268 g/mol. The van der Waals surface area contributed by atoms with Gasteiger partial charge in [-0.2, -0.15) is 0 Å². The first-order valence-electron chi connectivity index (χ1n) is 5.89. The van der Waals surface area contributed by atoms with Crippen LogP contribution in [0.3, 0.4) is 0 Å². The largest absolute Gasteiger partial charge is 0.452 e. The Labute approximate surface area is 117 Å². The summed E-state index contributed by atoms with van der Waals surface area (Å²) < 4.78 is 4.87.